The predicted molar refractivity (Wildman–Crippen MR) is 76.2 cm³/mol. The molecule has 1 atom stereocenters. The quantitative estimate of drug-likeness (QED) is 0.851. The SMILES string of the molecule is O=C(O)[C@@H](Cc1ccccc1)NS(=O)(=O)c1cccs1. The van der Waals surface area contributed by atoms with Crippen molar-refractivity contribution in [1.29, 1.82) is 0 Å². The Bertz CT molecular complexity index is 666. The summed E-state index contributed by atoms with van der Waals surface area (Å²) in [5.74, 6) is -1.20. The molecular weight excluding hydrogens is 298 g/mol. The van der Waals surface area contributed by atoms with Crippen LogP contribution in [0.4, 0.5) is 0 Å². The van der Waals surface area contributed by atoms with E-state index in [0.29, 0.717) is 0 Å². The molecule has 0 amide bonds. The van der Waals surface area contributed by atoms with Crippen molar-refractivity contribution in [1.82, 2.24) is 4.72 Å². The second kappa shape index (κ2) is 6.17. The van der Waals surface area contributed by atoms with E-state index in [0.717, 1.165) is 16.9 Å². The second-order valence-corrected chi connectivity index (χ2v) is 7.02. The highest BCUT2D eigenvalue weighted by atomic mass is 32.2. The zero-order valence-corrected chi connectivity index (χ0v) is 12.0. The van der Waals surface area contributed by atoms with Crippen molar-refractivity contribution >= 4 is 27.3 Å². The molecular formula is C13H13NO4S2. The smallest absolute Gasteiger partial charge is 0.322 e. The van der Waals surface area contributed by atoms with Gasteiger partial charge in [-0.15, -0.1) is 11.3 Å². The summed E-state index contributed by atoms with van der Waals surface area (Å²) in [5, 5.41) is 10.8. The molecule has 0 unspecified atom stereocenters. The lowest BCUT2D eigenvalue weighted by Gasteiger charge is -2.14. The van der Waals surface area contributed by atoms with Crippen LogP contribution in [0.1, 0.15) is 5.56 Å². The molecule has 1 aromatic heterocycles. The fourth-order valence-electron chi connectivity index (χ4n) is 1.69. The molecule has 0 aliphatic heterocycles. The number of hydrogen-bond donors (Lipinski definition) is 2. The summed E-state index contributed by atoms with van der Waals surface area (Å²) in [6.45, 7) is 0. The van der Waals surface area contributed by atoms with Crippen LogP contribution in [0.25, 0.3) is 0 Å². The molecule has 5 nitrogen and oxygen atoms in total. The Morgan fingerprint density at radius 1 is 1.20 bits per heavy atom. The van der Waals surface area contributed by atoms with Gasteiger partial charge in [-0.2, -0.15) is 4.72 Å². The zero-order chi connectivity index (χ0) is 14.6. The van der Waals surface area contributed by atoms with Crippen LogP contribution in [-0.4, -0.2) is 25.5 Å². The molecule has 0 spiro atoms. The summed E-state index contributed by atoms with van der Waals surface area (Å²) in [6.07, 6.45) is 0.0980. The van der Waals surface area contributed by atoms with Crippen LogP contribution in [0.3, 0.4) is 0 Å². The Kier molecular flexibility index (Phi) is 4.53. The molecule has 7 heteroatoms. The highest BCUT2D eigenvalue weighted by molar-refractivity contribution is 7.91. The molecule has 0 bridgehead atoms. The molecule has 0 radical (unpaired) electrons. The average Bonchev–Trinajstić information content (AvgIpc) is 2.93. The van der Waals surface area contributed by atoms with Crippen molar-refractivity contribution in [3.05, 3.63) is 53.4 Å². The van der Waals surface area contributed by atoms with Crippen molar-refractivity contribution in [2.45, 2.75) is 16.7 Å². The lowest BCUT2D eigenvalue weighted by Crippen LogP contribution is -2.42. The van der Waals surface area contributed by atoms with Gasteiger partial charge in [0.2, 0.25) is 0 Å². The summed E-state index contributed by atoms with van der Waals surface area (Å²) in [4.78, 5) is 11.2. The van der Waals surface area contributed by atoms with Crippen LogP contribution in [-0.2, 0) is 21.2 Å². The third-order valence-corrected chi connectivity index (χ3v) is 5.51. The second-order valence-electron chi connectivity index (χ2n) is 4.13. The Labute approximate surface area is 120 Å². The van der Waals surface area contributed by atoms with Crippen molar-refractivity contribution in [2.75, 3.05) is 0 Å². The van der Waals surface area contributed by atoms with Crippen molar-refractivity contribution < 1.29 is 18.3 Å². The average molecular weight is 311 g/mol. The maximum atomic E-state index is 12.0. The predicted octanol–water partition coefficient (Wildman–Crippen LogP) is 1.72. The van der Waals surface area contributed by atoms with Crippen LogP contribution in [0, 0.1) is 0 Å². The number of thiophene rings is 1. The highest BCUT2D eigenvalue weighted by Gasteiger charge is 2.26. The molecule has 0 aliphatic carbocycles. The van der Waals surface area contributed by atoms with Gasteiger partial charge in [0.15, 0.2) is 0 Å². The number of carbonyl (C=O) groups is 1. The van der Waals surface area contributed by atoms with Crippen LogP contribution in [0.2, 0.25) is 0 Å². The van der Waals surface area contributed by atoms with Crippen LogP contribution in [0.5, 0.6) is 0 Å². The molecule has 0 fully saturated rings. The van der Waals surface area contributed by atoms with Gasteiger partial charge in [-0.3, -0.25) is 4.79 Å². The molecule has 1 heterocycles. The van der Waals surface area contributed by atoms with E-state index in [1.54, 1.807) is 35.7 Å². The number of carboxylic acids is 1. The monoisotopic (exact) mass is 311 g/mol. The zero-order valence-electron chi connectivity index (χ0n) is 10.4. The third-order valence-electron chi connectivity index (χ3n) is 2.64. The molecule has 0 aliphatic rings. The Morgan fingerprint density at radius 3 is 2.45 bits per heavy atom. The van der Waals surface area contributed by atoms with E-state index in [1.165, 1.54) is 6.07 Å². The molecule has 1 aromatic carbocycles. The lowest BCUT2D eigenvalue weighted by molar-refractivity contribution is -0.138. The molecule has 106 valence electrons. The third kappa shape index (κ3) is 3.66. The minimum Gasteiger partial charge on any atom is -0.480 e. The topological polar surface area (TPSA) is 83.5 Å². The van der Waals surface area contributed by atoms with Gasteiger partial charge >= 0.3 is 5.97 Å². The molecule has 0 saturated carbocycles. The van der Waals surface area contributed by atoms with E-state index in [4.69, 9.17) is 0 Å². The first kappa shape index (κ1) is 14.7. The summed E-state index contributed by atoms with van der Waals surface area (Å²) in [6, 6.07) is 10.7. The van der Waals surface area contributed by atoms with Crippen LogP contribution in [0.15, 0.2) is 52.1 Å². The van der Waals surface area contributed by atoms with E-state index in [2.05, 4.69) is 4.72 Å². The lowest BCUT2D eigenvalue weighted by atomic mass is 10.1. The maximum Gasteiger partial charge on any atom is 0.322 e. The van der Waals surface area contributed by atoms with Crippen molar-refractivity contribution in [3.8, 4) is 0 Å². The number of nitrogens with one attached hydrogen (secondary N) is 1. The number of benzene rings is 1. The van der Waals surface area contributed by atoms with Gasteiger partial charge in [0.05, 0.1) is 0 Å². The van der Waals surface area contributed by atoms with Gasteiger partial charge in [-0.05, 0) is 23.4 Å². The van der Waals surface area contributed by atoms with Crippen LogP contribution < -0.4 is 4.72 Å². The van der Waals surface area contributed by atoms with Gasteiger partial charge in [0.1, 0.15) is 10.3 Å². The highest BCUT2D eigenvalue weighted by Crippen LogP contribution is 2.16. The number of sulfonamides is 1. The van der Waals surface area contributed by atoms with Crippen molar-refractivity contribution in [3.63, 3.8) is 0 Å². The Morgan fingerprint density at radius 2 is 1.90 bits per heavy atom. The van der Waals surface area contributed by atoms with E-state index < -0.39 is 22.0 Å². The number of rotatable bonds is 6. The molecule has 2 rings (SSSR count). The standard InChI is InChI=1S/C13H13NO4S2/c15-13(16)11(9-10-5-2-1-3-6-10)14-20(17,18)12-7-4-8-19-12/h1-8,11,14H,9H2,(H,15,16)/t11-/m1/s1. The van der Waals surface area contributed by atoms with E-state index in [-0.39, 0.29) is 10.6 Å². The maximum absolute atomic E-state index is 12.0. The first-order valence-electron chi connectivity index (χ1n) is 5.81. The van der Waals surface area contributed by atoms with Crippen molar-refractivity contribution in [2.24, 2.45) is 0 Å². The first-order valence-corrected chi connectivity index (χ1v) is 8.18. The minimum atomic E-state index is -3.79. The Hall–Kier alpha value is -1.70. The first-order chi connectivity index (χ1) is 9.49. The van der Waals surface area contributed by atoms with Gasteiger partial charge in [-0.25, -0.2) is 8.42 Å². The van der Waals surface area contributed by atoms with Gasteiger partial charge in [0, 0.05) is 0 Å². The van der Waals surface area contributed by atoms with Gasteiger partial charge < -0.3 is 5.11 Å². The molecule has 20 heavy (non-hydrogen) atoms. The largest absolute Gasteiger partial charge is 0.480 e. The molecule has 0 saturated heterocycles. The van der Waals surface area contributed by atoms with Gasteiger partial charge in [-0.1, -0.05) is 36.4 Å². The normalized spacial score (nSPS) is 13.0. The summed E-state index contributed by atoms with van der Waals surface area (Å²) < 4.78 is 26.4. The Balaban J connectivity index is 2.17. The number of hydrogen-bond acceptors (Lipinski definition) is 4. The minimum absolute atomic E-state index is 0.0980. The van der Waals surface area contributed by atoms with E-state index in [9.17, 15) is 18.3 Å². The van der Waals surface area contributed by atoms with E-state index in [1.807, 2.05) is 6.07 Å². The summed E-state index contributed by atoms with van der Waals surface area (Å²) >= 11 is 1.05. The van der Waals surface area contributed by atoms with E-state index >= 15 is 0 Å². The number of carboxylic acid groups (broad SMARTS) is 1. The van der Waals surface area contributed by atoms with Crippen LogP contribution >= 0.6 is 11.3 Å². The number of aliphatic carboxylic acids is 1. The fraction of sp³-hybridized carbons (Fsp3) is 0.154. The summed E-state index contributed by atoms with van der Waals surface area (Å²) in [7, 11) is -3.79. The molecule has 2 N–H and O–H groups in total. The molecule has 2 aromatic rings. The van der Waals surface area contributed by atoms with Gasteiger partial charge in [0.25, 0.3) is 10.0 Å². The fourth-order valence-corrected chi connectivity index (χ4v) is 3.89. The summed E-state index contributed by atoms with van der Waals surface area (Å²) in [5.41, 5.74) is 0.758.